The Kier molecular flexibility index (Phi) is 3.45. The summed E-state index contributed by atoms with van der Waals surface area (Å²) in [6, 6.07) is 0. The lowest BCUT2D eigenvalue weighted by Gasteiger charge is -2.33. The van der Waals surface area contributed by atoms with Crippen molar-refractivity contribution in [2.45, 2.75) is 25.0 Å². The van der Waals surface area contributed by atoms with Crippen molar-refractivity contribution in [3.05, 3.63) is 0 Å². The van der Waals surface area contributed by atoms with Crippen LogP contribution in [-0.2, 0) is 19.1 Å². The van der Waals surface area contributed by atoms with E-state index in [-0.39, 0.29) is 30.0 Å². The zero-order chi connectivity index (χ0) is 13.4. The predicted molar refractivity (Wildman–Crippen MR) is 66.3 cm³/mol. The van der Waals surface area contributed by atoms with Crippen molar-refractivity contribution in [1.82, 2.24) is 10.2 Å². The van der Waals surface area contributed by atoms with Gasteiger partial charge in [-0.3, -0.25) is 9.59 Å². The number of piperazine rings is 1. The molecule has 19 heavy (non-hydrogen) atoms. The van der Waals surface area contributed by atoms with Crippen LogP contribution in [0, 0.1) is 11.8 Å². The first-order valence-corrected chi connectivity index (χ1v) is 6.95. The molecule has 1 N–H and O–H groups in total. The van der Waals surface area contributed by atoms with Crippen LogP contribution in [0.25, 0.3) is 0 Å². The lowest BCUT2D eigenvalue weighted by atomic mass is 9.78. The molecule has 4 atom stereocenters. The molecule has 3 rings (SSSR count). The van der Waals surface area contributed by atoms with Crippen LogP contribution in [0.15, 0.2) is 0 Å². The number of nitrogens with zero attached hydrogens (tertiary/aromatic N) is 1. The second-order valence-corrected chi connectivity index (χ2v) is 5.44. The second-order valence-electron chi connectivity index (χ2n) is 5.44. The highest BCUT2D eigenvalue weighted by Gasteiger charge is 2.56. The summed E-state index contributed by atoms with van der Waals surface area (Å²) in [7, 11) is 1.38. The minimum atomic E-state index is -0.411. The number of hydrogen-bond donors (Lipinski definition) is 1. The highest BCUT2D eigenvalue weighted by molar-refractivity contribution is 5.87. The molecule has 0 aromatic rings. The number of carbonyl (C=O) groups is 2. The maximum Gasteiger partial charge on any atom is 0.312 e. The largest absolute Gasteiger partial charge is 0.469 e. The molecule has 6 nitrogen and oxygen atoms in total. The first-order valence-electron chi connectivity index (χ1n) is 6.95. The molecule has 0 spiro atoms. The Bertz CT molecular complexity index is 381. The molecule has 0 aliphatic carbocycles. The first kappa shape index (κ1) is 12.9. The van der Waals surface area contributed by atoms with Crippen LogP contribution in [0.2, 0.25) is 0 Å². The molecule has 3 aliphatic heterocycles. The van der Waals surface area contributed by atoms with Crippen LogP contribution in [0.4, 0.5) is 0 Å². The monoisotopic (exact) mass is 268 g/mol. The SMILES string of the molecule is COC(=O)C1C(C(=O)N2CCNCC2)[C@H]2CC[C@H]1O2. The van der Waals surface area contributed by atoms with Crippen LogP contribution in [0.1, 0.15) is 12.8 Å². The molecule has 0 saturated carbocycles. The van der Waals surface area contributed by atoms with Crippen molar-refractivity contribution in [2.75, 3.05) is 33.3 Å². The number of carbonyl (C=O) groups excluding carboxylic acids is 2. The molecule has 3 heterocycles. The summed E-state index contributed by atoms with van der Waals surface area (Å²) in [4.78, 5) is 26.4. The Hall–Kier alpha value is -1.14. The summed E-state index contributed by atoms with van der Waals surface area (Å²) in [6.07, 6.45) is 1.50. The van der Waals surface area contributed by atoms with Crippen LogP contribution >= 0.6 is 0 Å². The van der Waals surface area contributed by atoms with E-state index in [0.717, 1.165) is 25.9 Å². The standard InChI is InChI=1S/C13H20N2O4/c1-18-13(17)11-9-3-2-8(19-9)10(11)12(16)15-6-4-14-5-7-15/h8-11,14H,2-7H2,1H3/t8-,9-,10?,11?/m1/s1. The highest BCUT2D eigenvalue weighted by Crippen LogP contribution is 2.44. The van der Waals surface area contributed by atoms with Crippen molar-refractivity contribution in [3.63, 3.8) is 0 Å². The quantitative estimate of drug-likeness (QED) is 0.676. The van der Waals surface area contributed by atoms with Gasteiger partial charge in [0.25, 0.3) is 0 Å². The van der Waals surface area contributed by atoms with E-state index >= 15 is 0 Å². The van der Waals surface area contributed by atoms with Crippen molar-refractivity contribution >= 4 is 11.9 Å². The normalized spacial score (nSPS) is 37.4. The second kappa shape index (κ2) is 5.09. The lowest BCUT2D eigenvalue weighted by Crippen LogP contribution is -2.52. The Balaban J connectivity index is 1.77. The van der Waals surface area contributed by atoms with E-state index in [0.29, 0.717) is 13.1 Å². The Morgan fingerprint density at radius 1 is 1.16 bits per heavy atom. The third-order valence-electron chi connectivity index (χ3n) is 4.46. The number of nitrogens with one attached hydrogen (secondary N) is 1. The molecule has 106 valence electrons. The molecule has 0 radical (unpaired) electrons. The highest BCUT2D eigenvalue weighted by atomic mass is 16.5. The van der Waals surface area contributed by atoms with E-state index in [2.05, 4.69) is 5.32 Å². The Morgan fingerprint density at radius 3 is 2.42 bits per heavy atom. The molecular weight excluding hydrogens is 248 g/mol. The number of hydrogen-bond acceptors (Lipinski definition) is 5. The van der Waals surface area contributed by atoms with E-state index in [4.69, 9.17) is 9.47 Å². The van der Waals surface area contributed by atoms with E-state index < -0.39 is 5.92 Å². The third kappa shape index (κ3) is 2.12. The van der Waals surface area contributed by atoms with Gasteiger partial charge in [0.2, 0.25) is 5.91 Å². The molecular formula is C13H20N2O4. The maximum atomic E-state index is 12.6. The van der Waals surface area contributed by atoms with Gasteiger partial charge in [0, 0.05) is 26.2 Å². The van der Waals surface area contributed by atoms with Crippen LogP contribution in [0.5, 0.6) is 0 Å². The Morgan fingerprint density at radius 2 is 1.79 bits per heavy atom. The summed E-state index contributed by atoms with van der Waals surface area (Å²) < 4.78 is 10.6. The molecule has 1 amide bonds. The summed E-state index contributed by atoms with van der Waals surface area (Å²) in [5.74, 6) is -1.000. The van der Waals surface area contributed by atoms with Crippen molar-refractivity contribution in [2.24, 2.45) is 11.8 Å². The molecule has 0 aromatic heterocycles. The number of fused-ring (bicyclic) bond motifs is 2. The minimum absolute atomic E-state index is 0.0594. The van der Waals surface area contributed by atoms with E-state index in [1.807, 2.05) is 4.90 Å². The van der Waals surface area contributed by atoms with Crippen molar-refractivity contribution in [3.8, 4) is 0 Å². The van der Waals surface area contributed by atoms with Crippen LogP contribution in [-0.4, -0.2) is 62.3 Å². The maximum absolute atomic E-state index is 12.6. The average Bonchev–Trinajstić information content (AvgIpc) is 3.07. The van der Waals surface area contributed by atoms with E-state index in [1.54, 1.807) is 0 Å². The molecule has 3 saturated heterocycles. The fourth-order valence-electron chi connectivity index (χ4n) is 3.52. The molecule has 6 heteroatoms. The topological polar surface area (TPSA) is 67.9 Å². The predicted octanol–water partition coefficient (Wildman–Crippen LogP) is -0.615. The molecule has 0 aromatic carbocycles. The van der Waals surface area contributed by atoms with E-state index in [1.165, 1.54) is 7.11 Å². The molecule has 2 unspecified atom stereocenters. The van der Waals surface area contributed by atoms with Crippen molar-refractivity contribution < 1.29 is 19.1 Å². The van der Waals surface area contributed by atoms with Crippen LogP contribution < -0.4 is 5.32 Å². The van der Waals surface area contributed by atoms with Gasteiger partial charge < -0.3 is 19.7 Å². The number of esters is 1. The summed E-state index contributed by atoms with van der Waals surface area (Å²) in [5.41, 5.74) is 0. The summed E-state index contributed by atoms with van der Waals surface area (Å²) >= 11 is 0. The molecule has 3 aliphatic rings. The van der Waals surface area contributed by atoms with Gasteiger partial charge in [-0.05, 0) is 12.8 Å². The van der Waals surface area contributed by atoms with Gasteiger partial charge in [-0.2, -0.15) is 0 Å². The fourth-order valence-corrected chi connectivity index (χ4v) is 3.52. The van der Waals surface area contributed by atoms with Gasteiger partial charge in [-0.1, -0.05) is 0 Å². The minimum Gasteiger partial charge on any atom is -0.469 e. The number of ether oxygens (including phenoxy) is 2. The molecule has 3 fully saturated rings. The molecule has 2 bridgehead atoms. The Labute approximate surface area is 112 Å². The van der Waals surface area contributed by atoms with E-state index in [9.17, 15) is 9.59 Å². The van der Waals surface area contributed by atoms with Gasteiger partial charge >= 0.3 is 5.97 Å². The fraction of sp³-hybridized carbons (Fsp3) is 0.846. The first-order chi connectivity index (χ1) is 9.22. The smallest absolute Gasteiger partial charge is 0.312 e. The van der Waals surface area contributed by atoms with Gasteiger partial charge in [0.1, 0.15) is 0 Å². The van der Waals surface area contributed by atoms with Gasteiger partial charge in [-0.25, -0.2) is 0 Å². The summed E-state index contributed by atoms with van der Waals surface area (Å²) in [6.45, 7) is 3.05. The van der Waals surface area contributed by atoms with Gasteiger partial charge in [0.15, 0.2) is 0 Å². The lowest BCUT2D eigenvalue weighted by molar-refractivity contribution is -0.153. The zero-order valence-electron chi connectivity index (χ0n) is 11.1. The number of rotatable bonds is 2. The van der Waals surface area contributed by atoms with Gasteiger partial charge in [0.05, 0.1) is 31.2 Å². The third-order valence-corrected chi connectivity index (χ3v) is 4.46. The summed E-state index contributed by atoms with van der Waals surface area (Å²) in [5, 5.41) is 3.22. The average molecular weight is 268 g/mol. The zero-order valence-corrected chi connectivity index (χ0v) is 11.1. The van der Waals surface area contributed by atoms with Crippen LogP contribution in [0.3, 0.4) is 0 Å². The van der Waals surface area contributed by atoms with Crippen molar-refractivity contribution in [1.29, 1.82) is 0 Å². The van der Waals surface area contributed by atoms with Gasteiger partial charge in [-0.15, -0.1) is 0 Å². The number of amides is 1. The number of methoxy groups -OCH3 is 1.